The van der Waals surface area contributed by atoms with Crippen LogP contribution < -0.4 is 5.73 Å². The van der Waals surface area contributed by atoms with Gasteiger partial charge in [0.15, 0.2) is 6.10 Å². The minimum atomic E-state index is -4.40. The molecule has 0 aromatic rings. The predicted octanol–water partition coefficient (Wildman–Crippen LogP) is 12.7. The van der Waals surface area contributed by atoms with Crippen molar-refractivity contribution in [2.45, 2.75) is 225 Å². The van der Waals surface area contributed by atoms with E-state index in [0.717, 1.165) is 44.9 Å². The number of phosphoric acid groups is 1. The van der Waals surface area contributed by atoms with Crippen molar-refractivity contribution in [3.63, 3.8) is 0 Å². The van der Waals surface area contributed by atoms with Gasteiger partial charge in [0.25, 0.3) is 0 Å². The zero-order valence-corrected chi connectivity index (χ0v) is 37.9. The number of nitrogens with two attached hydrogens (primary N) is 1. The molecule has 0 saturated carbocycles. The molecule has 1 aliphatic heterocycles. The Kier molecular flexibility index (Phi) is 36.8. The molecule has 10 nitrogen and oxygen atoms in total. The summed E-state index contributed by atoms with van der Waals surface area (Å²) in [6, 6.07) is 0. The molecule has 3 N–H and O–H groups in total. The molecule has 1 fully saturated rings. The maximum absolute atomic E-state index is 12.6. The highest BCUT2D eigenvalue weighted by molar-refractivity contribution is 7.47. The monoisotopic (exact) mass is 840 g/mol. The summed E-state index contributed by atoms with van der Waals surface area (Å²) in [4.78, 5) is 35.0. The summed E-state index contributed by atoms with van der Waals surface area (Å²) in [7, 11) is -4.40. The fraction of sp³-hybridized carbons (Fsp3) is 0.830. The van der Waals surface area contributed by atoms with Crippen molar-refractivity contribution in [3.8, 4) is 0 Å². The maximum Gasteiger partial charge on any atom is 0.472 e. The normalized spacial score (nSPS) is 17.0. The summed E-state index contributed by atoms with van der Waals surface area (Å²) < 4.78 is 38.6. The van der Waals surface area contributed by atoms with Crippen molar-refractivity contribution in [1.29, 1.82) is 0 Å². The highest BCUT2D eigenvalue weighted by Gasteiger charge is 2.36. The van der Waals surface area contributed by atoms with Gasteiger partial charge < -0.3 is 24.8 Å². The molecule has 0 aliphatic carbocycles. The number of esters is 2. The maximum atomic E-state index is 12.6. The van der Waals surface area contributed by atoms with E-state index in [-0.39, 0.29) is 44.8 Å². The Balaban J connectivity index is 2.18. The smallest absolute Gasteiger partial charge is 0.462 e. The zero-order valence-electron chi connectivity index (χ0n) is 37.0. The molecule has 0 bridgehead atoms. The lowest BCUT2D eigenvalue weighted by Crippen LogP contribution is -2.29. The second-order valence-electron chi connectivity index (χ2n) is 16.0. The molecule has 0 aromatic heterocycles. The molecule has 11 heteroatoms. The molecule has 1 aliphatic rings. The number of rotatable bonds is 43. The second kappa shape index (κ2) is 39.3. The average molecular weight is 840 g/mol. The lowest BCUT2D eigenvalue weighted by Gasteiger charge is -2.19. The molecule has 4 atom stereocenters. The van der Waals surface area contributed by atoms with Crippen LogP contribution in [0.1, 0.15) is 206 Å². The first-order chi connectivity index (χ1) is 28.3. The molecule has 0 spiro atoms. The van der Waals surface area contributed by atoms with Crippen LogP contribution in [0.25, 0.3) is 0 Å². The van der Waals surface area contributed by atoms with Crippen molar-refractivity contribution in [2.24, 2.45) is 5.73 Å². The lowest BCUT2D eigenvalue weighted by molar-refractivity contribution is -0.161. The van der Waals surface area contributed by atoms with E-state index in [4.69, 9.17) is 29.0 Å². The van der Waals surface area contributed by atoms with E-state index in [0.29, 0.717) is 12.8 Å². The van der Waals surface area contributed by atoms with Gasteiger partial charge in [0, 0.05) is 19.4 Å². The van der Waals surface area contributed by atoms with Gasteiger partial charge in [-0.3, -0.25) is 18.6 Å². The van der Waals surface area contributed by atoms with Crippen molar-refractivity contribution < 1.29 is 42.3 Å². The van der Waals surface area contributed by atoms with Crippen molar-refractivity contribution in [2.75, 3.05) is 26.4 Å². The number of ether oxygens (including phenoxy) is 3. The molecule has 0 amide bonds. The van der Waals surface area contributed by atoms with Gasteiger partial charge in [-0.05, 0) is 51.4 Å². The summed E-state index contributed by atoms with van der Waals surface area (Å²) in [5, 5.41) is 0. The Bertz CT molecular complexity index is 1110. The Morgan fingerprint density at radius 1 is 0.603 bits per heavy atom. The third-order valence-corrected chi connectivity index (χ3v) is 11.4. The highest BCUT2D eigenvalue weighted by Crippen LogP contribution is 2.43. The molecule has 338 valence electrons. The first-order valence-electron chi connectivity index (χ1n) is 23.6. The SMILES string of the molecule is CCCCC/C=C\C/C=C\CC1OC1C/C=C\CCCC(=O)O[C@H](COC(=O)CCCCCCCCCCCCCCCCCCCCC)COP(=O)(O)OCCN. The molecule has 58 heavy (non-hydrogen) atoms. The fourth-order valence-electron chi connectivity index (χ4n) is 6.79. The highest BCUT2D eigenvalue weighted by atomic mass is 31.2. The number of phosphoric ester groups is 1. The van der Waals surface area contributed by atoms with Gasteiger partial charge in [-0.1, -0.05) is 179 Å². The summed E-state index contributed by atoms with van der Waals surface area (Å²) >= 11 is 0. The van der Waals surface area contributed by atoms with Crippen molar-refractivity contribution in [3.05, 3.63) is 36.5 Å². The third kappa shape index (κ3) is 36.1. The van der Waals surface area contributed by atoms with Crippen molar-refractivity contribution >= 4 is 19.8 Å². The van der Waals surface area contributed by atoms with E-state index in [9.17, 15) is 19.0 Å². The summed E-state index contributed by atoms with van der Waals surface area (Å²) in [6.07, 6.45) is 46.4. The van der Waals surface area contributed by atoms with Crippen molar-refractivity contribution in [1.82, 2.24) is 0 Å². The number of hydrogen-bond acceptors (Lipinski definition) is 9. The average Bonchev–Trinajstić information content (AvgIpc) is 3.97. The summed E-state index contributed by atoms with van der Waals surface area (Å²) in [5.41, 5.74) is 5.35. The van der Waals surface area contributed by atoms with E-state index >= 15 is 0 Å². The zero-order chi connectivity index (χ0) is 42.2. The minimum Gasteiger partial charge on any atom is -0.462 e. The van der Waals surface area contributed by atoms with Gasteiger partial charge >= 0.3 is 19.8 Å². The minimum absolute atomic E-state index is 0.0425. The van der Waals surface area contributed by atoms with Crippen LogP contribution in [0.4, 0.5) is 0 Å². The molecular weight excluding hydrogens is 753 g/mol. The van der Waals surface area contributed by atoms with E-state index in [1.54, 1.807) is 0 Å². The Hall–Kier alpha value is -1.81. The van der Waals surface area contributed by atoms with Crippen LogP contribution in [0.5, 0.6) is 0 Å². The first kappa shape index (κ1) is 54.2. The Morgan fingerprint density at radius 3 is 1.64 bits per heavy atom. The largest absolute Gasteiger partial charge is 0.472 e. The van der Waals surface area contributed by atoms with Crippen LogP contribution in [0.2, 0.25) is 0 Å². The predicted molar refractivity (Wildman–Crippen MR) is 238 cm³/mol. The molecule has 0 aromatic carbocycles. The Morgan fingerprint density at radius 2 is 1.07 bits per heavy atom. The molecule has 1 rings (SSSR count). The van der Waals surface area contributed by atoms with Gasteiger partial charge in [-0.15, -0.1) is 0 Å². The fourth-order valence-corrected chi connectivity index (χ4v) is 7.55. The number of hydrogen-bond donors (Lipinski definition) is 2. The van der Waals surface area contributed by atoms with E-state index in [1.807, 2.05) is 6.08 Å². The lowest BCUT2D eigenvalue weighted by atomic mass is 10.0. The third-order valence-electron chi connectivity index (χ3n) is 10.4. The van der Waals surface area contributed by atoms with Gasteiger partial charge in [0.05, 0.1) is 25.4 Å². The van der Waals surface area contributed by atoms with E-state index < -0.39 is 32.5 Å². The first-order valence-corrected chi connectivity index (χ1v) is 25.1. The van der Waals surface area contributed by atoms with Crippen LogP contribution in [-0.4, -0.2) is 61.5 Å². The number of carbonyl (C=O) groups is 2. The van der Waals surface area contributed by atoms with Gasteiger partial charge in [-0.2, -0.15) is 0 Å². The van der Waals surface area contributed by atoms with Crippen LogP contribution in [-0.2, 0) is 37.4 Å². The molecule has 1 heterocycles. The van der Waals surface area contributed by atoms with Crippen LogP contribution >= 0.6 is 7.82 Å². The van der Waals surface area contributed by atoms with Crippen LogP contribution in [0.15, 0.2) is 36.5 Å². The topological polar surface area (TPSA) is 147 Å². The number of epoxide rings is 1. The summed E-state index contributed by atoms with van der Waals surface area (Å²) in [5.74, 6) is -0.895. The number of carbonyl (C=O) groups excluding carboxylic acids is 2. The standard InChI is InChI=1S/C47H86NO9P/c1-3-5-7-9-11-13-14-15-16-17-18-19-20-21-22-24-26-28-33-37-46(49)53-41-43(42-55-58(51,52)54-40-39-48)56-47(50)38-34-30-29-32-36-45-44(57-45)35-31-27-25-23-12-10-8-6-4-2/h12,23,27,29,31-32,43-45H,3-11,13-22,24-26,28,30,33-42,48H2,1-2H3,(H,51,52)/b23-12-,31-27-,32-29-/t43-,44?,45?/m1/s1. The molecule has 3 unspecified atom stereocenters. The quantitative estimate of drug-likeness (QED) is 0.0200. The van der Waals surface area contributed by atoms with Gasteiger partial charge in [-0.25, -0.2) is 4.57 Å². The van der Waals surface area contributed by atoms with Crippen LogP contribution in [0, 0.1) is 0 Å². The van der Waals surface area contributed by atoms with Crippen LogP contribution in [0.3, 0.4) is 0 Å². The molecule has 1 saturated heterocycles. The van der Waals surface area contributed by atoms with E-state index in [2.05, 4.69) is 44.2 Å². The Labute approximate surface area is 354 Å². The summed E-state index contributed by atoms with van der Waals surface area (Å²) in [6.45, 7) is 3.65. The number of unbranched alkanes of at least 4 members (excludes halogenated alkanes) is 22. The van der Waals surface area contributed by atoms with E-state index in [1.165, 1.54) is 122 Å². The molecular formula is C47H86NO9P. The number of allylic oxidation sites excluding steroid dienone is 4. The van der Waals surface area contributed by atoms with Gasteiger partial charge in [0.1, 0.15) is 6.61 Å². The molecule has 0 radical (unpaired) electrons. The van der Waals surface area contributed by atoms with Gasteiger partial charge in [0.2, 0.25) is 0 Å². The second-order valence-corrected chi connectivity index (χ2v) is 17.5.